The molecule has 1 heterocycles. The highest BCUT2D eigenvalue weighted by Crippen LogP contribution is 2.26. The molecule has 0 aliphatic heterocycles. The van der Waals surface area contributed by atoms with Gasteiger partial charge in [-0.25, -0.2) is 14.3 Å². The molecule has 0 aliphatic carbocycles. The topological polar surface area (TPSA) is 114 Å². The number of methoxy groups -OCH3 is 2. The van der Waals surface area contributed by atoms with Gasteiger partial charge < -0.3 is 9.47 Å². The predicted octanol–water partition coefficient (Wildman–Crippen LogP) is 1.41. The van der Waals surface area contributed by atoms with Crippen molar-refractivity contribution < 1.29 is 24.0 Å². The van der Waals surface area contributed by atoms with Crippen molar-refractivity contribution in [2.24, 2.45) is 0 Å². The Balaban J connectivity index is 2.62. The van der Waals surface area contributed by atoms with E-state index in [9.17, 15) is 19.7 Å². The lowest BCUT2D eigenvalue weighted by atomic mass is 10.2. The number of rotatable bonds is 5. The van der Waals surface area contributed by atoms with E-state index >= 15 is 0 Å². The molecule has 120 valence electrons. The summed E-state index contributed by atoms with van der Waals surface area (Å²) in [5.74, 6) is -1.97. The molecule has 0 aliphatic rings. The fraction of sp³-hybridized carbons (Fsp3) is 0.214. The minimum Gasteiger partial charge on any atom is -0.464 e. The van der Waals surface area contributed by atoms with Crippen molar-refractivity contribution >= 4 is 17.6 Å². The summed E-state index contributed by atoms with van der Waals surface area (Å²) in [4.78, 5) is 34.1. The van der Waals surface area contributed by atoms with Crippen LogP contribution >= 0.6 is 0 Å². The highest BCUT2D eigenvalue weighted by atomic mass is 16.6. The SMILES string of the molecule is COC(=O)c1nn(Cc2ccccc2)c(C(=O)OC)c1[N+](=O)[O-]. The van der Waals surface area contributed by atoms with Gasteiger partial charge in [-0.05, 0) is 5.56 Å². The van der Waals surface area contributed by atoms with Crippen molar-refractivity contribution in [1.29, 1.82) is 0 Å². The van der Waals surface area contributed by atoms with Crippen LogP contribution in [0.5, 0.6) is 0 Å². The average Bonchev–Trinajstić information content (AvgIpc) is 2.93. The zero-order valence-electron chi connectivity index (χ0n) is 12.4. The summed E-state index contributed by atoms with van der Waals surface area (Å²) in [6, 6.07) is 8.85. The molecule has 0 unspecified atom stereocenters. The van der Waals surface area contributed by atoms with E-state index < -0.39 is 33.9 Å². The Morgan fingerprint density at radius 3 is 2.30 bits per heavy atom. The fourth-order valence-corrected chi connectivity index (χ4v) is 2.03. The first-order valence-electron chi connectivity index (χ1n) is 6.45. The van der Waals surface area contributed by atoms with Crippen LogP contribution in [0.1, 0.15) is 26.5 Å². The summed E-state index contributed by atoms with van der Waals surface area (Å²) >= 11 is 0. The Morgan fingerprint density at radius 1 is 1.17 bits per heavy atom. The highest BCUT2D eigenvalue weighted by molar-refractivity contribution is 6.00. The fourth-order valence-electron chi connectivity index (χ4n) is 2.03. The van der Waals surface area contributed by atoms with Crippen molar-refractivity contribution in [3.05, 3.63) is 57.4 Å². The van der Waals surface area contributed by atoms with Gasteiger partial charge in [0.1, 0.15) is 0 Å². The van der Waals surface area contributed by atoms with Crippen molar-refractivity contribution in [3.8, 4) is 0 Å². The lowest BCUT2D eigenvalue weighted by Crippen LogP contribution is -2.14. The largest absolute Gasteiger partial charge is 0.464 e. The molecule has 0 N–H and O–H groups in total. The van der Waals surface area contributed by atoms with Crippen molar-refractivity contribution in [3.63, 3.8) is 0 Å². The first-order valence-corrected chi connectivity index (χ1v) is 6.45. The van der Waals surface area contributed by atoms with Gasteiger partial charge in [-0.15, -0.1) is 0 Å². The van der Waals surface area contributed by atoms with Gasteiger partial charge in [-0.2, -0.15) is 5.10 Å². The number of benzene rings is 1. The monoisotopic (exact) mass is 319 g/mol. The molecule has 1 aromatic carbocycles. The molecule has 0 amide bonds. The molecule has 1 aromatic heterocycles. The molecule has 9 heteroatoms. The maximum Gasteiger partial charge on any atom is 0.365 e. The van der Waals surface area contributed by atoms with E-state index in [2.05, 4.69) is 14.6 Å². The summed E-state index contributed by atoms with van der Waals surface area (Å²) in [6.45, 7) is 0.0586. The second-order valence-electron chi connectivity index (χ2n) is 4.43. The van der Waals surface area contributed by atoms with Crippen molar-refractivity contribution in [2.45, 2.75) is 6.54 Å². The minimum absolute atomic E-state index is 0.0586. The van der Waals surface area contributed by atoms with Crippen molar-refractivity contribution in [2.75, 3.05) is 14.2 Å². The number of hydrogen-bond donors (Lipinski definition) is 0. The molecular formula is C14H13N3O6. The predicted molar refractivity (Wildman–Crippen MR) is 77.1 cm³/mol. The number of aromatic nitrogens is 2. The van der Waals surface area contributed by atoms with E-state index in [0.717, 1.165) is 24.5 Å². The third kappa shape index (κ3) is 3.18. The molecule has 0 bridgehead atoms. The second kappa shape index (κ2) is 6.69. The van der Waals surface area contributed by atoms with Crippen LogP contribution in [-0.4, -0.2) is 40.9 Å². The van der Waals surface area contributed by atoms with Crippen LogP contribution < -0.4 is 0 Å². The Hall–Kier alpha value is -3.23. The van der Waals surface area contributed by atoms with Crippen LogP contribution in [-0.2, 0) is 16.0 Å². The zero-order chi connectivity index (χ0) is 17.0. The first-order chi connectivity index (χ1) is 11.0. The van der Waals surface area contributed by atoms with E-state index in [1.54, 1.807) is 30.3 Å². The van der Waals surface area contributed by atoms with E-state index in [0.29, 0.717) is 0 Å². The van der Waals surface area contributed by atoms with Crippen LogP contribution in [0.3, 0.4) is 0 Å². The number of carbonyl (C=O) groups is 2. The number of hydrogen-bond acceptors (Lipinski definition) is 7. The van der Waals surface area contributed by atoms with Gasteiger partial charge >= 0.3 is 17.6 Å². The second-order valence-corrected chi connectivity index (χ2v) is 4.43. The van der Waals surface area contributed by atoms with E-state index in [4.69, 9.17) is 0 Å². The third-order valence-electron chi connectivity index (χ3n) is 3.04. The summed E-state index contributed by atoms with van der Waals surface area (Å²) in [7, 11) is 2.16. The number of nitrogens with zero attached hydrogens (tertiary/aromatic N) is 3. The lowest BCUT2D eigenvalue weighted by Gasteiger charge is -2.05. The molecule has 0 saturated carbocycles. The quantitative estimate of drug-likeness (QED) is 0.465. The Kier molecular flexibility index (Phi) is 4.69. The minimum atomic E-state index is -1.01. The number of carbonyl (C=O) groups excluding carboxylic acids is 2. The van der Waals surface area contributed by atoms with Gasteiger partial charge in [-0.1, -0.05) is 30.3 Å². The number of ether oxygens (including phenoxy) is 2. The van der Waals surface area contributed by atoms with Crippen LogP contribution in [0.2, 0.25) is 0 Å². The third-order valence-corrected chi connectivity index (χ3v) is 3.04. The van der Waals surface area contributed by atoms with Crippen LogP contribution in [0.25, 0.3) is 0 Å². The van der Waals surface area contributed by atoms with Gasteiger partial charge in [0.15, 0.2) is 0 Å². The van der Waals surface area contributed by atoms with Crippen molar-refractivity contribution in [1.82, 2.24) is 9.78 Å². The van der Waals surface area contributed by atoms with E-state index in [1.165, 1.54) is 0 Å². The maximum atomic E-state index is 11.9. The van der Waals surface area contributed by atoms with Crippen LogP contribution in [0.4, 0.5) is 5.69 Å². The summed E-state index contributed by atoms with van der Waals surface area (Å²) in [6.07, 6.45) is 0. The number of esters is 2. The van der Waals surface area contributed by atoms with Crippen LogP contribution in [0.15, 0.2) is 30.3 Å². The molecule has 2 rings (SSSR count). The molecule has 0 radical (unpaired) electrons. The standard InChI is InChI=1S/C14H13N3O6/c1-22-13(18)10-11(17(20)21)12(14(19)23-2)16(15-10)8-9-6-4-3-5-7-9/h3-7H,8H2,1-2H3. The molecule has 0 fully saturated rings. The Bertz CT molecular complexity index is 753. The molecule has 23 heavy (non-hydrogen) atoms. The van der Waals surface area contributed by atoms with Gasteiger partial charge in [0.25, 0.3) is 0 Å². The van der Waals surface area contributed by atoms with Gasteiger partial charge in [0.2, 0.25) is 11.4 Å². The molecule has 0 atom stereocenters. The Morgan fingerprint density at radius 2 is 1.78 bits per heavy atom. The summed E-state index contributed by atoms with van der Waals surface area (Å²) in [5, 5.41) is 15.2. The smallest absolute Gasteiger partial charge is 0.365 e. The summed E-state index contributed by atoms with van der Waals surface area (Å²) in [5.41, 5.74) is -0.957. The Labute approximate surface area is 130 Å². The molecular weight excluding hydrogens is 306 g/mol. The van der Waals surface area contributed by atoms with Gasteiger partial charge in [0, 0.05) is 0 Å². The highest BCUT2D eigenvalue weighted by Gasteiger charge is 2.37. The first kappa shape index (κ1) is 16.1. The average molecular weight is 319 g/mol. The summed E-state index contributed by atoms with van der Waals surface area (Å²) < 4.78 is 10.1. The van der Waals surface area contributed by atoms with E-state index in [-0.39, 0.29) is 6.54 Å². The molecule has 0 saturated heterocycles. The molecule has 0 spiro atoms. The van der Waals surface area contributed by atoms with Crippen LogP contribution in [0, 0.1) is 10.1 Å². The molecule has 2 aromatic rings. The maximum absolute atomic E-state index is 11.9. The van der Waals surface area contributed by atoms with Gasteiger partial charge in [0.05, 0.1) is 25.7 Å². The van der Waals surface area contributed by atoms with Gasteiger partial charge in [-0.3, -0.25) is 10.1 Å². The van der Waals surface area contributed by atoms with E-state index in [1.807, 2.05) is 0 Å². The normalized spacial score (nSPS) is 10.2. The number of nitro groups is 1. The lowest BCUT2D eigenvalue weighted by molar-refractivity contribution is -0.385. The zero-order valence-corrected chi connectivity index (χ0v) is 12.4. The molecule has 9 nitrogen and oxygen atoms in total.